The van der Waals surface area contributed by atoms with Crippen LogP contribution in [0.2, 0.25) is 0 Å². The molecular weight excluding hydrogens is 460 g/mol. The lowest BCUT2D eigenvalue weighted by Gasteiger charge is -2.13. The summed E-state index contributed by atoms with van der Waals surface area (Å²) in [4.78, 5) is 47.6. The van der Waals surface area contributed by atoms with Crippen molar-refractivity contribution in [2.75, 3.05) is 60.6 Å². The molecule has 14 heteroatoms. The molecule has 0 spiro atoms. The van der Waals surface area contributed by atoms with E-state index in [1.54, 1.807) is 0 Å². The van der Waals surface area contributed by atoms with Crippen molar-refractivity contribution in [2.24, 2.45) is 23.7 Å². The third kappa shape index (κ3) is 8.42. The Morgan fingerprint density at radius 3 is 1.21 bits per heavy atom. The monoisotopic (exact) mass is 488 g/mol. The van der Waals surface area contributed by atoms with Crippen molar-refractivity contribution in [3.63, 3.8) is 0 Å². The molecule has 0 radical (unpaired) electrons. The molecule has 33 heavy (non-hydrogen) atoms. The van der Waals surface area contributed by atoms with Crippen molar-refractivity contribution in [1.29, 1.82) is 0 Å². The van der Waals surface area contributed by atoms with Gasteiger partial charge in [0.1, 0.15) is 0 Å². The van der Waals surface area contributed by atoms with Gasteiger partial charge in [0.15, 0.2) is 0 Å². The smallest absolute Gasteiger partial charge is 0.310 e. The minimum Gasteiger partial charge on any atom is -0.481 e. The number of ether oxygens (including phenoxy) is 3. The second kappa shape index (κ2) is 13.3. The Morgan fingerprint density at radius 2 is 0.970 bits per heavy atom. The number of carbonyl (C=O) groups is 4. The Kier molecular flexibility index (Phi) is 11.5. The summed E-state index contributed by atoms with van der Waals surface area (Å²) in [5.74, 6) is -6.25. The molecule has 2 rings (SSSR count). The Labute approximate surface area is 187 Å². The number of hydrogen-bond donors (Lipinski definition) is 1. The molecule has 2 fully saturated rings. The van der Waals surface area contributed by atoms with Crippen molar-refractivity contribution in [3.8, 4) is 0 Å². The number of nitrogens with zero attached hydrogens (tertiary/aromatic N) is 2. The van der Waals surface area contributed by atoms with Crippen molar-refractivity contribution in [3.05, 3.63) is 0 Å². The summed E-state index contributed by atoms with van der Waals surface area (Å²) in [6.07, 6.45) is -5.03. The number of methoxy groups -OCH3 is 3. The van der Waals surface area contributed by atoms with Crippen molar-refractivity contribution < 1.29 is 56.1 Å². The van der Waals surface area contributed by atoms with Crippen LogP contribution in [0.4, 0.5) is 17.6 Å². The van der Waals surface area contributed by atoms with Gasteiger partial charge < -0.3 is 19.3 Å². The molecule has 0 unspecified atom stereocenters. The van der Waals surface area contributed by atoms with E-state index >= 15 is 0 Å². The largest absolute Gasteiger partial charge is 0.481 e. The number of rotatable bonds is 8. The topological polar surface area (TPSA) is 123 Å². The summed E-state index contributed by atoms with van der Waals surface area (Å²) < 4.78 is 62.3. The van der Waals surface area contributed by atoms with Gasteiger partial charge in [0, 0.05) is 26.2 Å². The van der Waals surface area contributed by atoms with Gasteiger partial charge in [0.2, 0.25) is 0 Å². The highest BCUT2D eigenvalue weighted by Crippen LogP contribution is 2.27. The lowest BCUT2D eigenvalue weighted by molar-refractivity contribution is -0.155. The lowest BCUT2D eigenvalue weighted by atomic mass is 9.96. The Morgan fingerprint density at radius 1 is 0.697 bits per heavy atom. The van der Waals surface area contributed by atoms with Gasteiger partial charge in [-0.3, -0.25) is 29.0 Å². The van der Waals surface area contributed by atoms with Crippen molar-refractivity contribution in [2.45, 2.75) is 12.9 Å². The normalized spacial score (nSPS) is 25.5. The van der Waals surface area contributed by atoms with Gasteiger partial charge in [-0.05, 0) is 0 Å². The van der Waals surface area contributed by atoms with Crippen LogP contribution in [-0.2, 0) is 33.4 Å². The maximum Gasteiger partial charge on any atom is 0.310 e. The van der Waals surface area contributed by atoms with Gasteiger partial charge in [-0.15, -0.1) is 0 Å². The molecular formula is C19H28F4N2O8. The minimum absolute atomic E-state index is 0.00792. The standard InChI is InChI=1S/C10H15F2NO4.C9H13F2NO4/c1-16-9(14)6-3-13(5-8(11)12)4-7(6)10(15)17-2;1-16-9(15)6-3-12(4-7(10)11)2-5(6)8(13)14/h6-8H,3-5H2,1-2H3;5-7H,2-4H2,1H3,(H,13,14)/t6-,7-;5-,6-/m00/s1. The van der Waals surface area contributed by atoms with E-state index in [0.717, 1.165) is 7.11 Å². The molecule has 190 valence electrons. The highest BCUT2D eigenvalue weighted by atomic mass is 19.3. The van der Waals surface area contributed by atoms with Crippen LogP contribution in [0.25, 0.3) is 0 Å². The number of aliphatic carboxylic acids is 1. The number of carboxylic acids is 1. The fourth-order valence-electron chi connectivity index (χ4n) is 3.88. The molecule has 0 bridgehead atoms. The Hall–Kier alpha value is -2.48. The predicted octanol–water partition coefficient (Wildman–Crippen LogP) is 0.203. The van der Waals surface area contributed by atoms with Gasteiger partial charge in [-0.2, -0.15) is 0 Å². The van der Waals surface area contributed by atoms with E-state index in [2.05, 4.69) is 14.2 Å². The first-order valence-corrected chi connectivity index (χ1v) is 9.92. The van der Waals surface area contributed by atoms with Crippen LogP contribution in [0, 0.1) is 23.7 Å². The van der Waals surface area contributed by atoms with E-state index in [1.807, 2.05) is 0 Å². The number of carbonyl (C=O) groups excluding carboxylic acids is 3. The Balaban J connectivity index is 0.000000331. The molecule has 0 aromatic rings. The van der Waals surface area contributed by atoms with Crippen LogP contribution >= 0.6 is 0 Å². The van der Waals surface area contributed by atoms with E-state index < -0.39 is 73.5 Å². The van der Waals surface area contributed by atoms with Gasteiger partial charge >= 0.3 is 23.9 Å². The highest BCUT2D eigenvalue weighted by molar-refractivity contribution is 5.83. The summed E-state index contributed by atoms with van der Waals surface area (Å²) in [5, 5.41) is 8.86. The molecule has 0 aliphatic carbocycles. The molecule has 0 aromatic carbocycles. The summed E-state index contributed by atoms with van der Waals surface area (Å²) >= 11 is 0. The third-order valence-electron chi connectivity index (χ3n) is 5.41. The second-order valence-corrected chi connectivity index (χ2v) is 7.55. The molecule has 2 heterocycles. The van der Waals surface area contributed by atoms with E-state index in [1.165, 1.54) is 24.0 Å². The summed E-state index contributed by atoms with van der Waals surface area (Å²) in [6.45, 7) is -0.820. The quantitative estimate of drug-likeness (QED) is 0.288. The molecule has 0 amide bonds. The minimum atomic E-state index is -2.54. The maximum atomic E-state index is 12.2. The number of esters is 3. The molecule has 10 nitrogen and oxygen atoms in total. The average Bonchev–Trinajstić information content (AvgIpc) is 3.36. The van der Waals surface area contributed by atoms with Crippen LogP contribution in [0.5, 0.6) is 0 Å². The van der Waals surface area contributed by atoms with Gasteiger partial charge in [-0.25, -0.2) is 17.6 Å². The number of hydrogen-bond acceptors (Lipinski definition) is 9. The van der Waals surface area contributed by atoms with Crippen LogP contribution in [-0.4, -0.2) is 112 Å². The third-order valence-corrected chi connectivity index (χ3v) is 5.41. The summed E-state index contributed by atoms with van der Waals surface area (Å²) in [6, 6.07) is 0. The predicted molar refractivity (Wildman–Crippen MR) is 103 cm³/mol. The van der Waals surface area contributed by atoms with E-state index in [-0.39, 0.29) is 26.2 Å². The number of halogens is 4. The first kappa shape index (κ1) is 28.6. The first-order valence-electron chi connectivity index (χ1n) is 9.92. The second-order valence-electron chi connectivity index (χ2n) is 7.55. The number of likely N-dealkylation sites (tertiary alicyclic amines) is 2. The zero-order chi connectivity index (χ0) is 25.3. The molecule has 0 saturated carbocycles. The summed E-state index contributed by atoms with van der Waals surface area (Å²) in [7, 11) is 3.55. The van der Waals surface area contributed by atoms with E-state index in [4.69, 9.17) is 5.11 Å². The van der Waals surface area contributed by atoms with Crippen LogP contribution in [0.1, 0.15) is 0 Å². The molecule has 0 aromatic heterocycles. The molecule has 1 N–H and O–H groups in total. The summed E-state index contributed by atoms with van der Waals surface area (Å²) in [5.41, 5.74) is 0. The van der Waals surface area contributed by atoms with Gasteiger partial charge in [0.05, 0.1) is 58.1 Å². The van der Waals surface area contributed by atoms with Crippen molar-refractivity contribution in [1.82, 2.24) is 9.80 Å². The van der Waals surface area contributed by atoms with Gasteiger partial charge in [0.25, 0.3) is 12.9 Å². The zero-order valence-corrected chi connectivity index (χ0v) is 18.4. The van der Waals surface area contributed by atoms with Gasteiger partial charge in [-0.1, -0.05) is 0 Å². The molecule has 2 aliphatic heterocycles. The van der Waals surface area contributed by atoms with Crippen molar-refractivity contribution >= 4 is 23.9 Å². The maximum absolute atomic E-state index is 12.2. The number of carboxylic acid groups (broad SMARTS) is 1. The van der Waals surface area contributed by atoms with E-state index in [0.29, 0.717) is 0 Å². The van der Waals surface area contributed by atoms with Crippen LogP contribution < -0.4 is 0 Å². The van der Waals surface area contributed by atoms with Crippen LogP contribution in [0.15, 0.2) is 0 Å². The molecule has 2 saturated heterocycles. The SMILES string of the molecule is COC(=O)[C@H]1CN(CC(F)F)C[C@@H]1C(=O)O.COC(=O)[C@H]1CN(CC(F)F)C[C@@H]1C(=O)OC. The Bertz CT molecular complexity index is 673. The first-order chi connectivity index (χ1) is 15.4. The fraction of sp³-hybridized carbons (Fsp3) is 0.789. The lowest BCUT2D eigenvalue weighted by Crippen LogP contribution is -2.30. The zero-order valence-electron chi connectivity index (χ0n) is 18.4. The highest BCUT2D eigenvalue weighted by Gasteiger charge is 2.44. The molecule has 4 atom stereocenters. The van der Waals surface area contributed by atoms with E-state index in [9.17, 15) is 36.7 Å². The fourth-order valence-corrected chi connectivity index (χ4v) is 3.88. The van der Waals surface area contributed by atoms with Crippen LogP contribution in [0.3, 0.4) is 0 Å². The molecule has 2 aliphatic rings. The average molecular weight is 488 g/mol. The number of alkyl halides is 4.